The van der Waals surface area contributed by atoms with E-state index in [1.54, 1.807) is 28.5 Å². The van der Waals surface area contributed by atoms with Gasteiger partial charge in [-0.1, -0.05) is 6.07 Å². The Morgan fingerprint density at radius 2 is 2.10 bits per heavy atom. The van der Waals surface area contributed by atoms with Crippen LogP contribution >= 0.6 is 11.3 Å². The zero-order valence-corrected chi connectivity index (χ0v) is 18.0. The first-order chi connectivity index (χ1) is 15.2. The highest BCUT2D eigenvalue weighted by molar-refractivity contribution is 7.15. The fraction of sp³-hybridized carbons (Fsp3) is 0.261. The van der Waals surface area contributed by atoms with Crippen LogP contribution in [0.4, 0.5) is 0 Å². The highest BCUT2D eigenvalue weighted by Gasteiger charge is 2.29. The molecule has 3 aromatic heterocycles. The minimum absolute atomic E-state index is 0.0259. The lowest BCUT2D eigenvalue weighted by atomic mass is 9.95. The Morgan fingerprint density at radius 1 is 1.16 bits per heavy atom. The maximum absolute atomic E-state index is 13.7. The van der Waals surface area contributed by atoms with Crippen LogP contribution in [0.25, 0.3) is 16.1 Å². The van der Waals surface area contributed by atoms with Crippen LogP contribution in [-0.4, -0.2) is 42.5 Å². The second kappa shape index (κ2) is 8.39. The number of hydrogen-bond acceptors (Lipinski definition) is 6. The SMILES string of the molecule is Cc1ccc(-c2cc(C(=O)N3CCCC[C@H]3c3cccnc3)cc(-n3cnnn3)c2)s1. The van der Waals surface area contributed by atoms with Crippen molar-refractivity contribution in [2.75, 3.05) is 6.54 Å². The van der Waals surface area contributed by atoms with Gasteiger partial charge in [-0.05, 0) is 84.1 Å². The molecular formula is C23H22N6OS. The number of rotatable bonds is 4. The Bertz CT molecular complexity index is 1190. The van der Waals surface area contributed by atoms with E-state index in [9.17, 15) is 4.79 Å². The van der Waals surface area contributed by atoms with Gasteiger partial charge in [0.25, 0.3) is 5.91 Å². The van der Waals surface area contributed by atoms with Gasteiger partial charge < -0.3 is 4.90 Å². The summed E-state index contributed by atoms with van der Waals surface area (Å²) in [6, 6.07) is 14.1. The molecule has 7 nitrogen and oxygen atoms in total. The summed E-state index contributed by atoms with van der Waals surface area (Å²) in [5.74, 6) is 0.0259. The van der Waals surface area contributed by atoms with Gasteiger partial charge in [0.15, 0.2) is 0 Å². The number of aromatic nitrogens is 5. The summed E-state index contributed by atoms with van der Waals surface area (Å²) in [4.78, 5) is 22.3. The molecule has 0 radical (unpaired) electrons. The van der Waals surface area contributed by atoms with E-state index in [-0.39, 0.29) is 11.9 Å². The molecule has 4 heterocycles. The number of piperidine rings is 1. The van der Waals surface area contributed by atoms with E-state index in [0.717, 1.165) is 47.5 Å². The third kappa shape index (κ3) is 3.98. The number of amides is 1. The summed E-state index contributed by atoms with van der Waals surface area (Å²) in [6.45, 7) is 2.82. The lowest BCUT2D eigenvalue weighted by Gasteiger charge is -2.36. The number of hydrogen-bond donors (Lipinski definition) is 0. The van der Waals surface area contributed by atoms with Gasteiger partial charge in [0.05, 0.1) is 11.7 Å². The van der Waals surface area contributed by atoms with E-state index in [2.05, 4.69) is 45.6 Å². The van der Waals surface area contributed by atoms with Crippen molar-refractivity contribution in [3.63, 3.8) is 0 Å². The average Bonchev–Trinajstić information content (AvgIpc) is 3.51. The van der Waals surface area contributed by atoms with Gasteiger partial charge >= 0.3 is 0 Å². The van der Waals surface area contributed by atoms with Gasteiger partial charge in [0.2, 0.25) is 0 Å². The van der Waals surface area contributed by atoms with Crippen molar-refractivity contribution in [2.45, 2.75) is 32.2 Å². The van der Waals surface area contributed by atoms with Crippen molar-refractivity contribution in [1.29, 1.82) is 0 Å². The molecular weight excluding hydrogens is 408 g/mol. The van der Waals surface area contributed by atoms with Crippen molar-refractivity contribution in [2.24, 2.45) is 0 Å². The smallest absolute Gasteiger partial charge is 0.254 e. The third-order valence-corrected chi connectivity index (χ3v) is 6.69. The minimum atomic E-state index is 0.0259. The second-order valence-electron chi connectivity index (χ2n) is 7.73. The summed E-state index contributed by atoms with van der Waals surface area (Å²) in [5.41, 5.74) is 3.49. The van der Waals surface area contributed by atoms with Crippen LogP contribution in [-0.2, 0) is 0 Å². The van der Waals surface area contributed by atoms with Crippen LogP contribution in [0.3, 0.4) is 0 Å². The van der Waals surface area contributed by atoms with Gasteiger partial charge in [-0.3, -0.25) is 9.78 Å². The van der Waals surface area contributed by atoms with Crippen LogP contribution in [0.15, 0.2) is 61.2 Å². The van der Waals surface area contributed by atoms with Crippen LogP contribution in [0.1, 0.15) is 46.1 Å². The number of carbonyl (C=O) groups is 1. The van der Waals surface area contributed by atoms with E-state index < -0.39 is 0 Å². The Kier molecular flexibility index (Phi) is 5.30. The summed E-state index contributed by atoms with van der Waals surface area (Å²) in [7, 11) is 0. The lowest BCUT2D eigenvalue weighted by Crippen LogP contribution is -2.38. The normalized spacial score (nSPS) is 16.4. The van der Waals surface area contributed by atoms with E-state index in [1.165, 1.54) is 4.88 Å². The van der Waals surface area contributed by atoms with E-state index >= 15 is 0 Å². The fourth-order valence-electron chi connectivity index (χ4n) is 4.14. The predicted octanol–water partition coefficient (Wildman–Crippen LogP) is 4.46. The Hall–Kier alpha value is -3.39. The molecule has 4 aromatic rings. The van der Waals surface area contributed by atoms with Crippen molar-refractivity contribution in [1.82, 2.24) is 30.1 Å². The van der Waals surface area contributed by atoms with Crippen LogP contribution in [0.5, 0.6) is 0 Å². The topological polar surface area (TPSA) is 76.8 Å². The predicted molar refractivity (Wildman–Crippen MR) is 119 cm³/mol. The molecule has 1 aliphatic rings. The van der Waals surface area contributed by atoms with Gasteiger partial charge in [-0.25, -0.2) is 4.68 Å². The average molecular weight is 431 g/mol. The van der Waals surface area contributed by atoms with Crippen molar-refractivity contribution in [3.05, 3.63) is 77.2 Å². The first kappa shape index (κ1) is 19.6. The van der Waals surface area contributed by atoms with E-state index in [1.807, 2.05) is 35.4 Å². The quantitative estimate of drug-likeness (QED) is 0.478. The van der Waals surface area contributed by atoms with Crippen molar-refractivity contribution < 1.29 is 4.79 Å². The Balaban J connectivity index is 1.56. The van der Waals surface area contributed by atoms with Gasteiger partial charge in [0, 0.05) is 34.3 Å². The molecule has 0 aliphatic carbocycles. The number of likely N-dealkylation sites (tertiary alicyclic amines) is 1. The molecule has 31 heavy (non-hydrogen) atoms. The molecule has 1 aliphatic heterocycles. The molecule has 0 spiro atoms. The van der Waals surface area contributed by atoms with Crippen LogP contribution < -0.4 is 0 Å². The maximum Gasteiger partial charge on any atom is 0.254 e. The molecule has 1 fully saturated rings. The zero-order chi connectivity index (χ0) is 21.2. The summed E-state index contributed by atoms with van der Waals surface area (Å²) >= 11 is 1.71. The first-order valence-corrected chi connectivity index (χ1v) is 11.2. The largest absolute Gasteiger partial charge is 0.332 e. The lowest BCUT2D eigenvalue weighted by molar-refractivity contribution is 0.0611. The molecule has 0 unspecified atom stereocenters. The summed E-state index contributed by atoms with van der Waals surface area (Å²) < 4.78 is 1.59. The highest BCUT2D eigenvalue weighted by Crippen LogP contribution is 2.34. The number of nitrogens with zero attached hydrogens (tertiary/aromatic N) is 6. The first-order valence-electron chi connectivity index (χ1n) is 10.4. The van der Waals surface area contributed by atoms with E-state index in [4.69, 9.17) is 0 Å². The number of carbonyl (C=O) groups excluding carboxylic acids is 1. The molecule has 5 rings (SSSR count). The second-order valence-corrected chi connectivity index (χ2v) is 9.02. The molecule has 0 N–H and O–H groups in total. The third-order valence-electron chi connectivity index (χ3n) is 5.64. The monoisotopic (exact) mass is 430 g/mol. The molecule has 0 saturated carbocycles. The Morgan fingerprint density at radius 3 is 2.84 bits per heavy atom. The molecule has 8 heteroatoms. The number of tetrazole rings is 1. The van der Waals surface area contributed by atoms with Crippen molar-refractivity contribution in [3.8, 4) is 16.1 Å². The molecule has 1 aromatic carbocycles. The number of benzene rings is 1. The molecule has 1 saturated heterocycles. The van der Waals surface area contributed by atoms with Gasteiger partial charge in [-0.15, -0.1) is 16.4 Å². The molecule has 1 atom stereocenters. The van der Waals surface area contributed by atoms with Crippen LogP contribution in [0, 0.1) is 6.92 Å². The minimum Gasteiger partial charge on any atom is -0.332 e. The standard InChI is InChI=1S/C23H22N6OS/c1-16-7-8-22(31-16)18-11-19(13-20(12-18)29-15-25-26-27-29)23(30)28-10-3-2-6-21(28)17-5-4-9-24-14-17/h4-5,7-9,11-15,21H,2-3,6,10H2,1H3/t21-/m0/s1. The molecule has 0 bridgehead atoms. The molecule has 1 amide bonds. The zero-order valence-electron chi connectivity index (χ0n) is 17.2. The van der Waals surface area contributed by atoms with E-state index in [0.29, 0.717) is 5.56 Å². The Labute approximate surface area is 184 Å². The number of thiophene rings is 1. The van der Waals surface area contributed by atoms with Crippen LogP contribution in [0.2, 0.25) is 0 Å². The summed E-state index contributed by atoms with van der Waals surface area (Å²) in [6.07, 6.45) is 8.24. The van der Waals surface area contributed by atoms with Gasteiger partial charge in [-0.2, -0.15) is 0 Å². The van der Waals surface area contributed by atoms with Gasteiger partial charge in [0.1, 0.15) is 6.33 Å². The van der Waals surface area contributed by atoms with Crippen molar-refractivity contribution >= 4 is 17.2 Å². The summed E-state index contributed by atoms with van der Waals surface area (Å²) in [5, 5.41) is 11.5. The number of aryl methyl sites for hydroxylation is 1. The maximum atomic E-state index is 13.7. The highest BCUT2D eigenvalue weighted by atomic mass is 32.1. The number of pyridine rings is 1. The molecule has 156 valence electrons. The fourth-order valence-corrected chi connectivity index (χ4v) is 4.99.